The molecule has 0 radical (unpaired) electrons. The van der Waals surface area contributed by atoms with Crippen LogP contribution in [-0.4, -0.2) is 0 Å². The zero-order valence-corrected chi connectivity index (χ0v) is 37.6. The van der Waals surface area contributed by atoms with Crippen molar-refractivity contribution in [3.8, 4) is 23.7 Å². The Morgan fingerprint density at radius 2 is 0.661 bits per heavy atom. The normalized spacial score (nSPS) is 11.1. The van der Waals surface area contributed by atoms with E-state index in [9.17, 15) is 0 Å². The summed E-state index contributed by atoms with van der Waals surface area (Å²) >= 11 is 7.51. The molecule has 0 amide bonds. The molecule has 0 fully saturated rings. The van der Waals surface area contributed by atoms with Crippen molar-refractivity contribution in [2.24, 2.45) is 0 Å². The molecule has 56 heavy (non-hydrogen) atoms. The average Bonchev–Trinajstić information content (AvgIpc) is 3.21. The van der Waals surface area contributed by atoms with E-state index in [4.69, 9.17) is 0 Å². The Labute approximate surface area is 357 Å². The van der Waals surface area contributed by atoms with Crippen molar-refractivity contribution in [3.05, 3.63) is 127 Å². The second-order valence-corrected chi connectivity index (χ2v) is 17.7. The molecule has 0 atom stereocenters. The van der Waals surface area contributed by atoms with Crippen LogP contribution in [0.4, 0.5) is 0 Å². The molecule has 0 aliphatic heterocycles. The van der Waals surface area contributed by atoms with Crippen LogP contribution < -0.4 is 0 Å². The monoisotopic (exact) mass is 870 g/mol. The van der Waals surface area contributed by atoms with Gasteiger partial charge in [0.05, 0.1) is 0 Å². The minimum Gasteiger partial charge on any atom is -0.0654 e. The summed E-state index contributed by atoms with van der Waals surface area (Å²) in [6.07, 6.45) is 29.7. The van der Waals surface area contributed by atoms with Gasteiger partial charge in [-0.15, -0.1) is 0 Å². The molecule has 2 heteroatoms. The van der Waals surface area contributed by atoms with Crippen molar-refractivity contribution in [2.75, 3.05) is 0 Å². The van der Waals surface area contributed by atoms with Gasteiger partial charge in [-0.3, -0.25) is 0 Å². The van der Waals surface area contributed by atoms with E-state index in [0.29, 0.717) is 0 Å². The molecular formula is C54H64Br2. The minimum absolute atomic E-state index is 1.04. The van der Waals surface area contributed by atoms with Gasteiger partial charge >= 0.3 is 0 Å². The molecule has 0 aliphatic carbocycles. The topological polar surface area (TPSA) is 0 Å². The second-order valence-electron chi connectivity index (χ2n) is 15.9. The van der Waals surface area contributed by atoms with Crippen LogP contribution in [0, 0.1) is 23.7 Å². The van der Waals surface area contributed by atoms with Gasteiger partial charge in [0.2, 0.25) is 0 Å². The molecule has 0 N–H and O–H groups in total. The van der Waals surface area contributed by atoms with Gasteiger partial charge in [-0.25, -0.2) is 0 Å². The number of halogens is 2. The summed E-state index contributed by atoms with van der Waals surface area (Å²) in [5.74, 6) is 14.3. The highest BCUT2D eigenvalue weighted by Gasteiger charge is 2.13. The van der Waals surface area contributed by atoms with E-state index in [1.165, 1.54) is 140 Å². The highest BCUT2D eigenvalue weighted by molar-refractivity contribution is 9.10. The molecule has 0 saturated heterocycles. The maximum atomic E-state index is 3.75. The lowest BCUT2D eigenvalue weighted by Crippen LogP contribution is -1.92. The summed E-state index contributed by atoms with van der Waals surface area (Å²) in [5, 5.41) is 4.49. The van der Waals surface area contributed by atoms with E-state index in [2.05, 4.69) is 154 Å². The number of fused-ring (bicyclic) bond motifs is 2. The Morgan fingerprint density at radius 3 is 1.00 bits per heavy atom. The predicted molar refractivity (Wildman–Crippen MR) is 253 cm³/mol. The molecule has 0 aromatic heterocycles. The quantitative estimate of drug-likeness (QED) is 0.0369. The molecule has 0 saturated carbocycles. The van der Waals surface area contributed by atoms with E-state index < -0.39 is 0 Å². The molecule has 0 aliphatic rings. The van der Waals surface area contributed by atoms with Gasteiger partial charge < -0.3 is 0 Å². The Hall–Kier alpha value is -3.30. The van der Waals surface area contributed by atoms with E-state index in [0.717, 1.165) is 65.6 Å². The highest BCUT2D eigenvalue weighted by Crippen LogP contribution is 2.35. The highest BCUT2D eigenvalue weighted by atomic mass is 79.9. The number of rotatable bonds is 22. The zero-order chi connectivity index (χ0) is 39.2. The summed E-state index contributed by atoms with van der Waals surface area (Å²) in [6.45, 7) is 4.58. The summed E-state index contributed by atoms with van der Waals surface area (Å²) in [5.41, 5.74) is 6.99. The van der Waals surface area contributed by atoms with Crippen LogP contribution in [0.25, 0.3) is 21.5 Å². The van der Waals surface area contributed by atoms with Crippen molar-refractivity contribution in [1.82, 2.24) is 0 Å². The molecule has 0 spiro atoms. The molecule has 5 aromatic rings. The van der Waals surface area contributed by atoms with Gasteiger partial charge in [-0.2, -0.15) is 0 Å². The number of hydrogen-bond donors (Lipinski definition) is 0. The molecule has 5 rings (SSSR count). The number of unbranched alkanes of at least 4 members (excludes halogenated alkanes) is 18. The molecule has 294 valence electrons. The number of benzene rings is 5. The molecule has 0 bridgehead atoms. The fourth-order valence-corrected chi connectivity index (χ4v) is 8.58. The Bertz CT molecular complexity index is 1900. The SMILES string of the molecule is CCCCCCCCCCCCc1ccc(C#Cc2c3ccc(Br)cc3c(C#Cc3ccc(CCCCCCCCCCCC)cc3)c3ccc(Br)cc23)cc1. The van der Waals surface area contributed by atoms with E-state index in [1.807, 2.05) is 0 Å². The van der Waals surface area contributed by atoms with Crippen LogP contribution in [0.15, 0.2) is 93.9 Å². The third kappa shape index (κ3) is 14.6. The average molecular weight is 873 g/mol. The van der Waals surface area contributed by atoms with Crippen LogP contribution in [0.5, 0.6) is 0 Å². The molecule has 0 nitrogen and oxygen atoms in total. The fourth-order valence-electron chi connectivity index (χ4n) is 7.85. The third-order valence-corrected chi connectivity index (χ3v) is 12.2. The molecular weight excluding hydrogens is 808 g/mol. The van der Waals surface area contributed by atoms with E-state index in [1.54, 1.807) is 0 Å². The third-order valence-electron chi connectivity index (χ3n) is 11.3. The van der Waals surface area contributed by atoms with Crippen molar-refractivity contribution in [1.29, 1.82) is 0 Å². The first-order chi connectivity index (χ1) is 27.6. The second kappa shape index (κ2) is 25.1. The van der Waals surface area contributed by atoms with Crippen LogP contribution in [0.1, 0.15) is 176 Å². The predicted octanol–water partition coefficient (Wildman–Crippen LogP) is 17.2. The number of hydrogen-bond acceptors (Lipinski definition) is 0. The van der Waals surface area contributed by atoms with Gasteiger partial charge in [-0.1, -0.05) is 221 Å². The van der Waals surface area contributed by atoms with Crippen LogP contribution in [0.3, 0.4) is 0 Å². The van der Waals surface area contributed by atoms with Crippen LogP contribution in [0.2, 0.25) is 0 Å². The van der Waals surface area contributed by atoms with E-state index >= 15 is 0 Å². The number of aryl methyl sites for hydroxylation is 2. The Morgan fingerprint density at radius 1 is 0.339 bits per heavy atom. The maximum absolute atomic E-state index is 3.75. The lowest BCUT2D eigenvalue weighted by atomic mass is 9.91. The van der Waals surface area contributed by atoms with Gasteiger partial charge in [0.15, 0.2) is 0 Å². The van der Waals surface area contributed by atoms with Gasteiger partial charge in [0.1, 0.15) is 0 Å². The van der Waals surface area contributed by atoms with Crippen molar-refractivity contribution in [2.45, 2.75) is 155 Å². The van der Waals surface area contributed by atoms with Crippen molar-refractivity contribution < 1.29 is 0 Å². The molecule has 0 heterocycles. The first kappa shape index (κ1) is 43.8. The fraction of sp³-hybridized carbons (Fsp3) is 0.444. The molecule has 5 aromatic carbocycles. The Kier molecular flexibility index (Phi) is 19.7. The van der Waals surface area contributed by atoms with Gasteiger partial charge in [-0.05, 0) is 96.1 Å². The summed E-state index contributed by atoms with van der Waals surface area (Å²) in [7, 11) is 0. The van der Waals surface area contributed by atoms with Gasteiger partial charge in [0, 0.05) is 42.0 Å². The standard InChI is InChI=1S/C54H64Br2/c1-3-5-7-9-11-13-15-17-19-21-23-43-25-29-45(30-26-43)33-37-49-51-39-35-48(56)42-54(51)50(52-40-36-47(55)41-53(49)52)38-34-46-31-27-44(28-32-46)24-22-20-18-16-14-12-10-8-6-4-2/h25-32,35-36,39-42H,3-24H2,1-2H3. The van der Waals surface area contributed by atoms with Crippen molar-refractivity contribution >= 4 is 53.4 Å². The first-order valence-corrected chi connectivity index (χ1v) is 23.7. The molecule has 0 unspecified atom stereocenters. The maximum Gasteiger partial charge on any atom is 0.0407 e. The lowest BCUT2D eigenvalue weighted by molar-refractivity contribution is 0.556. The summed E-state index contributed by atoms with van der Waals surface area (Å²) < 4.78 is 2.08. The smallest absolute Gasteiger partial charge is 0.0407 e. The first-order valence-electron chi connectivity index (χ1n) is 22.1. The van der Waals surface area contributed by atoms with E-state index in [-0.39, 0.29) is 0 Å². The van der Waals surface area contributed by atoms with Crippen molar-refractivity contribution in [3.63, 3.8) is 0 Å². The lowest BCUT2D eigenvalue weighted by Gasteiger charge is -2.12. The Balaban J connectivity index is 1.23. The van der Waals surface area contributed by atoms with Crippen LogP contribution >= 0.6 is 31.9 Å². The zero-order valence-electron chi connectivity index (χ0n) is 34.4. The van der Waals surface area contributed by atoms with Gasteiger partial charge in [0.25, 0.3) is 0 Å². The largest absolute Gasteiger partial charge is 0.0654 e. The summed E-state index contributed by atoms with van der Waals surface area (Å²) in [4.78, 5) is 0. The summed E-state index contributed by atoms with van der Waals surface area (Å²) in [6, 6.07) is 30.8. The minimum atomic E-state index is 1.04. The van der Waals surface area contributed by atoms with Crippen LogP contribution in [-0.2, 0) is 12.8 Å².